The van der Waals surface area contributed by atoms with Crippen LogP contribution in [0.25, 0.3) is 16.9 Å². The quantitative estimate of drug-likeness (QED) is 0.692. The number of hydrogen-bond acceptors (Lipinski definition) is 2. The van der Waals surface area contributed by atoms with Gasteiger partial charge in [0, 0.05) is 11.3 Å². The van der Waals surface area contributed by atoms with Crippen molar-refractivity contribution in [2.75, 3.05) is 0 Å². The summed E-state index contributed by atoms with van der Waals surface area (Å²) in [7, 11) is 0. The first-order valence-corrected chi connectivity index (χ1v) is 7.44. The van der Waals surface area contributed by atoms with Gasteiger partial charge in [-0.1, -0.05) is 65.7 Å². The molecule has 0 aliphatic heterocycles. The maximum Gasteiger partial charge on any atom is 0.293 e. The van der Waals surface area contributed by atoms with E-state index in [0.29, 0.717) is 11.4 Å². The van der Waals surface area contributed by atoms with E-state index in [1.54, 1.807) is 0 Å². The van der Waals surface area contributed by atoms with Crippen molar-refractivity contribution in [3.63, 3.8) is 0 Å². The van der Waals surface area contributed by atoms with E-state index >= 15 is 0 Å². The molecule has 110 valence electrons. The van der Waals surface area contributed by atoms with Crippen LogP contribution in [0.3, 0.4) is 0 Å². The van der Waals surface area contributed by atoms with Crippen LogP contribution in [0.2, 0.25) is 10.3 Å². The van der Waals surface area contributed by atoms with Gasteiger partial charge < -0.3 is 0 Å². The smallest absolute Gasteiger partial charge is 0.271 e. The molecule has 1 heterocycles. The van der Waals surface area contributed by atoms with Crippen molar-refractivity contribution < 1.29 is 0 Å². The van der Waals surface area contributed by atoms with Gasteiger partial charge in [0.05, 0.1) is 5.69 Å². The topological polar surface area (TPSA) is 34.9 Å². The highest BCUT2D eigenvalue weighted by Crippen LogP contribution is 2.30. The SMILES string of the molecule is Cc1ccccc1-c1c(Cl)nc(Cl)c(=O)n1-c1ccccc1. The van der Waals surface area contributed by atoms with E-state index in [4.69, 9.17) is 23.2 Å². The first-order chi connectivity index (χ1) is 10.6. The molecule has 0 fully saturated rings. The van der Waals surface area contributed by atoms with Gasteiger partial charge >= 0.3 is 0 Å². The molecule has 0 spiro atoms. The number of para-hydroxylation sites is 1. The van der Waals surface area contributed by atoms with Crippen molar-refractivity contribution in [1.29, 1.82) is 0 Å². The van der Waals surface area contributed by atoms with Crippen molar-refractivity contribution in [3.05, 3.63) is 80.8 Å². The van der Waals surface area contributed by atoms with E-state index in [-0.39, 0.29) is 10.3 Å². The molecule has 2 aromatic carbocycles. The van der Waals surface area contributed by atoms with Crippen LogP contribution >= 0.6 is 23.2 Å². The summed E-state index contributed by atoms with van der Waals surface area (Å²) in [6.07, 6.45) is 0. The van der Waals surface area contributed by atoms with Crippen molar-refractivity contribution in [1.82, 2.24) is 9.55 Å². The van der Waals surface area contributed by atoms with Gasteiger partial charge in [0.25, 0.3) is 5.56 Å². The first-order valence-electron chi connectivity index (χ1n) is 6.69. The average Bonchev–Trinajstić information content (AvgIpc) is 2.52. The highest BCUT2D eigenvalue weighted by molar-refractivity contribution is 6.34. The molecule has 1 aromatic heterocycles. The lowest BCUT2D eigenvalue weighted by atomic mass is 10.1. The third-order valence-electron chi connectivity index (χ3n) is 3.41. The summed E-state index contributed by atoms with van der Waals surface area (Å²) >= 11 is 12.2. The molecule has 0 saturated carbocycles. The fraction of sp³-hybridized carbons (Fsp3) is 0.0588. The molecule has 0 atom stereocenters. The van der Waals surface area contributed by atoms with Crippen LogP contribution in [0.15, 0.2) is 59.4 Å². The predicted octanol–water partition coefficient (Wildman–Crippen LogP) is 4.51. The lowest BCUT2D eigenvalue weighted by molar-refractivity contribution is 0.965. The maximum absolute atomic E-state index is 12.5. The van der Waals surface area contributed by atoms with E-state index in [9.17, 15) is 4.79 Å². The standard InChI is InChI=1S/C17H12Cl2N2O/c1-11-7-5-6-10-13(11)14-15(18)20-16(19)17(22)21(14)12-8-3-2-4-9-12/h2-10H,1H3. The second-order valence-corrected chi connectivity index (χ2v) is 5.55. The fourth-order valence-electron chi connectivity index (χ4n) is 2.37. The Labute approximate surface area is 137 Å². The third kappa shape index (κ3) is 2.54. The van der Waals surface area contributed by atoms with Gasteiger partial charge in [0.2, 0.25) is 0 Å². The summed E-state index contributed by atoms with van der Waals surface area (Å²) in [5, 5.41) is 0.0499. The molecule has 0 amide bonds. The third-order valence-corrected chi connectivity index (χ3v) is 3.92. The van der Waals surface area contributed by atoms with Crippen LogP contribution in [0.4, 0.5) is 0 Å². The fourth-order valence-corrected chi connectivity index (χ4v) is 2.85. The van der Waals surface area contributed by atoms with Crippen LogP contribution < -0.4 is 5.56 Å². The molecule has 22 heavy (non-hydrogen) atoms. The molecule has 0 radical (unpaired) electrons. The molecular weight excluding hydrogens is 319 g/mol. The second-order valence-electron chi connectivity index (χ2n) is 4.83. The van der Waals surface area contributed by atoms with E-state index in [2.05, 4.69) is 4.98 Å². The Morgan fingerprint density at radius 3 is 2.23 bits per heavy atom. The Balaban J connectivity index is 2.43. The molecule has 0 aliphatic rings. The van der Waals surface area contributed by atoms with Gasteiger partial charge in [0.1, 0.15) is 0 Å². The van der Waals surface area contributed by atoms with Crippen LogP contribution in [0.5, 0.6) is 0 Å². The van der Waals surface area contributed by atoms with Crippen molar-refractivity contribution in [2.24, 2.45) is 0 Å². The van der Waals surface area contributed by atoms with Crippen molar-refractivity contribution in [3.8, 4) is 16.9 Å². The predicted molar refractivity (Wildman–Crippen MR) is 90.0 cm³/mol. The molecule has 0 saturated heterocycles. The minimum absolute atomic E-state index is 0.147. The van der Waals surface area contributed by atoms with Crippen LogP contribution in [-0.2, 0) is 0 Å². The Hall–Kier alpha value is -2.10. The maximum atomic E-state index is 12.5. The number of aromatic nitrogens is 2. The average molecular weight is 331 g/mol. The number of halogens is 2. The molecule has 0 unspecified atom stereocenters. The zero-order valence-corrected chi connectivity index (χ0v) is 13.3. The Kier molecular flexibility index (Phi) is 4.01. The zero-order valence-electron chi connectivity index (χ0n) is 11.8. The number of nitrogens with zero attached hydrogens (tertiary/aromatic N) is 2. The Bertz CT molecular complexity index is 889. The summed E-state index contributed by atoms with van der Waals surface area (Å²) in [6.45, 7) is 1.96. The van der Waals surface area contributed by atoms with Crippen LogP contribution in [0, 0.1) is 6.92 Å². The molecule has 5 heteroatoms. The largest absolute Gasteiger partial charge is 0.293 e. The summed E-state index contributed by atoms with van der Waals surface area (Å²) in [4.78, 5) is 16.5. The number of benzene rings is 2. The van der Waals surface area contributed by atoms with E-state index in [0.717, 1.165) is 11.1 Å². The van der Waals surface area contributed by atoms with Gasteiger partial charge in [-0.25, -0.2) is 4.98 Å². The lowest BCUT2D eigenvalue weighted by Crippen LogP contribution is -2.22. The zero-order chi connectivity index (χ0) is 15.7. The normalized spacial score (nSPS) is 10.7. The monoisotopic (exact) mass is 330 g/mol. The summed E-state index contributed by atoms with van der Waals surface area (Å²) in [5.41, 5.74) is 2.68. The number of rotatable bonds is 2. The highest BCUT2D eigenvalue weighted by Gasteiger charge is 2.18. The van der Waals surface area contributed by atoms with Crippen molar-refractivity contribution in [2.45, 2.75) is 6.92 Å². The molecule has 3 nitrogen and oxygen atoms in total. The molecular formula is C17H12Cl2N2O. The Morgan fingerprint density at radius 1 is 0.909 bits per heavy atom. The number of aryl methyl sites for hydroxylation is 1. The summed E-state index contributed by atoms with van der Waals surface area (Å²) in [6, 6.07) is 16.9. The van der Waals surface area contributed by atoms with E-state index in [1.807, 2.05) is 61.5 Å². The summed E-state index contributed by atoms with van der Waals surface area (Å²) < 4.78 is 1.50. The minimum Gasteiger partial charge on any atom is -0.271 e. The Morgan fingerprint density at radius 2 is 1.55 bits per heavy atom. The summed E-state index contributed by atoms with van der Waals surface area (Å²) in [5.74, 6) is 0. The number of hydrogen-bond donors (Lipinski definition) is 0. The molecule has 3 aromatic rings. The first kappa shape index (κ1) is 14.8. The molecule has 3 rings (SSSR count). The van der Waals surface area contributed by atoms with Gasteiger partial charge in [-0.3, -0.25) is 9.36 Å². The van der Waals surface area contributed by atoms with Crippen LogP contribution in [0.1, 0.15) is 5.56 Å². The second kappa shape index (κ2) is 5.95. The van der Waals surface area contributed by atoms with E-state index < -0.39 is 5.56 Å². The van der Waals surface area contributed by atoms with E-state index in [1.165, 1.54) is 4.57 Å². The van der Waals surface area contributed by atoms with Gasteiger partial charge in [-0.15, -0.1) is 0 Å². The highest BCUT2D eigenvalue weighted by atomic mass is 35.5. The minimum atomic E-state index is -0.393. The van der Waals surface area contributed by atoms with Crippen LogP contribution in [-0.4, -0.2) is 9.55 Å². The molecule has 0 aliphatic carbocycles. The van der Waals surface area contributed by atoms with Gasteiger partial charge in [-0.2, -0.15) is 0 Å². The molecule has 0 bridgehead atoms. The molecule has 0 N–H and O–H groups in total. The van der Waals surface area contributed by atoms with Crippen molar-refractivity contribution >= 4 is 23.2 Å². The lowest BCUT2D eigenvalue weighted by Gasteiger charge is -2.16. The van der Waals surface area contributed by atoms with Gasteiger partial charge in [0.15, 0.2) is 10.3 Å². The van der Waals surface area contributed by atoms with Gasteiger partial charge in [-0.05, 0) is 24.6 Å².